The summed E-state index contributed by atoms with van der Waals surface area (Å²) in [7, 11) is 0. The molecule has 0 atom stereocenters. The highest BCUT2D eigenvalue weighted by Gasteiger charge is 1.98. The zero-order valence-corrected chi connectivity index (χ0v) is 6.12. The molecule has 0 aliphatic carbocycles. The Morgan fingerprint density at radius 2 is 1.67 bits per heavy atom. The molecule has 0 saturated heterocycles. The Morgan fingerprint density at radius 1 is 0.833 bits per heavy atom. The van der Waals surface area contributed by atoms with Gasteiger partial charge in [0.1, 0.15) is 18.3 Å². The van der Waals surface area contributed by atoms with Gasteiger partial charge < -0.3 is 0 Å². The van der Waals surface area contributed by atoms with Crippen LogP contribution >= 0.6 is 0 Å². The lowest BCUT2D eigenvalue weighted by Crippen LogP contribution is -1.91. The van der Waals surface area contributed by atoms with Gasteiger partial charge in [-0.1, -0.05) is 0 Å². The molecule has 2 heterocycles. The molecule has 2 aromatic rings. The van der Waals surface area contributed by atoms with Crippen molar-refractivity contribution in [1.82, 2.24) is 24.9 Å². The number of hydrogen-bond acceptors (Lipinski definition) is 5. The molecule has 0 saturated carbocycles. The quantitative estimate of drug-likeness (QED) is 0.599. The molecule has 0 radical (unpaired) electrons. The highest BCUT2D eigenvalue weighted by molar-refractivity contribution is 5.45. The van der Waals surface area contributed by atoms with Crippen molar-refractivity contribution in [2.24, 2.45) is 0 Å². The van der Waals surface area contributed by atoms with Gasteiger partial charge in [0, 0.05) is 12.4 Å². The topological polar surface area (TPSA) is 64.5 Å². The molecule has 2 aromatic heterocycles. The van der Waals surface area contributed by atoms with Gasteiger partial charge in [0.2, 0.25) is 0 Å². The van der Waals surface area contributed by atoms with E-state index >= 15 is 0 Å². The SMILES string of the molecule is c1cnc(-c2ncncn2)cn1. The summed E-state index contributed by atoms with van der Waals surface area (Å²) in [6.07, 6.45) is 7.66. The van der Waals surface area contributed by atoms with Crippen molar-refractivity contribution in [1.29, 1.82) is 0 Å². The van der Waals surface area contributed by atoms with E-state index in [2.05, 4.69) is 24.9 Å². The van der Waals surface area contributed by atoms with Crippen molar-refractivity contribution in [3.63, 3.8) is 0 Å². The minimum absolute atomic E-state index is 0.540. The number of rotatable bonds is 1. The maximum Gasteiger partial charge on any atom is 0.182 e. The fourth-order valence-electron chi connectivity index (χ4n) is 0.786. The third kappa shape index (κ3) is 1.24. The highest BCUT2D eigenvalue weighted by atomic mass is 15.0. The van der Waals surface area contributed by atoms with Gasteiger partial charge in [-0.15, -0.1) is 0 Å². The summed E-state index contributed by atoms with van der Waals surface area (Å²) < 4.78 is 0. The fraction of sp³-hybridized carbons (Fsp3) is 0. The Morgan fingerprint density at radius 3 is 2.33 bits per heavy atom. The average molecular weight is 159 g/mol. The Bertz CT molecular complexity index is 309. The van der Waals surface area contributed by atoms with Gasteiger partial charge >= 0.3 is 0 Å². The smallest absolute Gasteiger partial charge is 0.182 e. The van der Waals surface area contributed by atoms with Crippen LogP contribution in [-0.2, 0) is 0 Å². The molecule has 0 spiro atoms. The van der Waals surface area contributed by atoms with E-state index in [-0.39, 0.29) is 0 Å². The summed E-state index contributed by atoms with van der Waals surface area (Å²) in [5.74, 6) is 0.540. The molecule has 5 nitrogen and oxygen atoms in total. The van der Waals surface area contributed by atoms with E-state index in [9.17, 15) is 0 Å². The Labute approximate surface area is 68.6 Å². The molecule has 0 unspecified atom stereocenters. The van der Waals surface area contributed by atoms with Crippen molar-refractivity contribution in [2.45, 2.75) is 0 Å². The van der Waals surface area contributed by atoms with Crippen LogP contribution in [0.5, 0.6) is 0 Å². The molecule has 5 heteroatoms. The first-order valence-electron chi connectivity index (χ1n) is 3.35. The highest BCUT2D eigenvalue weighted by Crippen LogP contribution is 2.05. The van der Waals surface area contributed by atoms with Crippen LogP contribution in [0.2, 0.25) is 0 Å². The normalized spacial score (nSPS) is 9.67. The van der Waals surface area contributed by atoms with Gasteiger partial charge in [0.15, 0.2) is 5.82 Å². The standard InChI is InChI=1S/C7H5N5/c1-2-10-6(3-8-1)7-11-4-9-5-12-7/h1-5H. The van der Waals surface area contributed by atoms with Crippen LogP contribution in [0.3, 0.4) is 0 Å². The van der Waals surface area contributed by atoms with Crippen LogP contribution < -0.4 is 0 Å². The van der Waals surface area contributed by atoms with Gasteiger partial charge in [-0.3, -0.25) is 4.98 Å². The van der Waals surface area contributed by atoms with Crippen LogP contribution in [0.25, 0.3) is 11.5 Å². The summed E-state index contributed by atoms with van der Waals surface area (Å²) >= 11 is 0. The molecule has 0 amide bonds. The molecule has 0 aliphatic heterocycles. The lowest BCUT2D eigenvalue weighted by atomic mass is 10.4. The van der Waals surface area contributed by atoms with E-state index in [0.717, 1.165) is 0 Å². The molecule has 0 bridgehead atoms. The van der Waals surface area contributed by atoms with Crippen LogP contribution in [0.4, 0.5) is 0 Å². The summed E-state index contributed by atoms with van der Waals surface area (Å²) in [4.78, 5) is 19.5. The molecular weight excluding hydrogens is 154 g/mol. The molecule has 12 heavy (non-hydrogen) atoms. The fourth-order valence-corrected chi connectivity index (χ4v) is 0.786. The predicted molar refractivity (Wildman–Crippen MR) is 40.9 cm³/mol. The van der Waals surface area contributed by atoms with Crippen LogP contribution in [0.1, 0.15) is 0 Å². The number of nitrogens with zero attached hydrogens (tertiary/aromatic N) is 5. The second kappa shape index (κ2) is 3.00. The van der Waals surface area contributed by atoms with Gasteiger partial charge in [0.05, 0.1) is 6.20 Å². The first-order valence-corrected chi connectivity index (χ1v) is 3.35. The summed E-state index contributed by atoms with van der Waals surface area (Å²) in [5, 5.41) is 0. The summed E-state index contributed by atoms with van der Waals surface area (Å²) in [6.45, 7) is 0. The van der Waals surface area contributed by atoms with Crippen LogP contribution in [0.15, 0.2) is 31.2 Å². The van der Waals surface area contributed by atoms with Gasteiger partial charge in [-0.25, -0.2) is 19.9 Å². The second-order valence-corrected chi connectivity index (χ2v) is 2.05. The van der Waals surface area contributed by atoms with Crippen molar-refractivity contribution in [2.75, 3.05) is 0 Å². The van der Waals surface area contributed by atoms with E-state index < -0.39 is 0 Å². The lowest BCUT2D eigenvalue weighted by molar-refractivity contribution is 1.03. The van der Waals surface area contributed by atoms with E-state index in [1.807, 2.05) is 0 Å². The zero-order valence-electron chi connectivity index (χ0n) is 6.12. The monoisotopic (exact) mass is 159 g/mol. The molecular formula is C7H5N5. The maximum atomic E-state index is 4.03. The minimum Gasteiger partial charge on any atom is -0.261 e. The number of hydrogen-bond donors (Lipinski definition) is 0. The van der Waals surface area contributed by atoms with Crippen molar-refractivity contribution in [3.05, 3.63) is 31.2 Å². The van der Waals surface area contributed by atoms with E-state index in [0.29, 0.717) is 11.5 Å². The van der Waals surface area contributed by atoms with Crippen molar-refractivity contribution in [3.8, 4) is 11.5 Å². The van der Waals surface area contributed by atoms with E-state index in [1.54, 1.807) is 18.6 Å². The van der Waals surface area contributed by atoms with Crippen LogP contribution in [-0.4, -0.2) is 24.9 Å². The molecule has 2 rings (SSSR count). The molecule has 0 N–H and O–H groups in total. The first-order chi connectivity index (χ1) is 5.97. The molecule has 58 valence electrons. The Kier molecular flexibility index (Phi) is 1.69. The minimum atomic E-state index is 0.540. The largest absolute Gasteiger partial charge is 0.261 e. The lowest BCUT2D eigenvalue weighted by Gasteiger charge is -1.93. The van der Waals surface area contributed by atoms with Gasteiger partial charge in [0.25, 0.3) is 0 Å². The Hall–Kier alpha value is -1.91. The third-order valence-corrected chi connectivity index (χ3v) is 1.29. The zero-order chi connectivity index (χ0) is 8.23. The summed E-state index contributed by atoms with van der Waals surface area (Å²) in [6, 6.07) is 0. The number of aromatic nitrogens is 5. The third-order valence-electron chi connectivity index (χ3n) is 1.29. The van der Waals surface area contributed by atoms with Crippen molar-refractivity contribution < 1.29 is 0 Å². The maximum absolute atomic E-state index is 4.03. The van der Waals surface area contributed by atoms with E-state index in [1.165, 1.54) is 12.7 Å². The average Bonchev–Trinajstić information content (AvgIpc) is 2.21. The second-order valence-electron chi connectivity index (χ2n) is 2.05. The summed E-state index contributed by atoms with van der Waals surface area (Å²) in [5.41, 5.74) is 0.653. The molecule has 0 fully saturated rings. The predicted octanol–water partition coefficient (Wildman–Crippen LogP) is 0.329. The molecule has 0 aromatic carbocycles. The van der Waals surface area contributed by atoms with Gasteiger partial charge in [-0.05, 0) is 0 Å². The van der Waals surface area contributed by atoms with Gasteiger partial charge in [-0.2, -0.15) is 0 Å². The van der Waals surface area contributed by atoms with Crippen molar-refractivity contribution >= 4 is 0 Å². The first kappa shape index (κ1) is 6.78. The Balaban J connectivity index is 2.46. The van der Waals surface area contributed by atoms with Crippen LogP contribution in [0, 0.1) is 0 Å². The van der Waals surface area contributed by atoms with E-state index in [4.69, 9.17) is 0 Å². The molecule has 0 aliphatic rings.